The van der Waals surface area contributed by atoms with Crippen molar-refractivity contribution in [2.24, 2.45) is 0 Å². The van der Waals surface area contributed by atoms with Crippen LogP contribution in [0.15, 0.2) is 66.7 Å². The van der Waals surface area contributed by atoms with Crippen LogP contribution in [-0.4, -0.2) is 9.78 Å². The topological polar surface area (TPSA) is 17.8 Å². The summed E-state index contributed by atoms with van der Waals surface area (Å²) in [5, 5.41) is 5.14. The number of hydrogen-bond donors (Lipinski definition) is 0. The van der Waals surface area contributed by atoms with E-state index >= 15 is 0 Å². The number of nitrogens with zero attached hydrogens (tertiary/aromatic N) is 2. The quantitative estimate of drug-likeness (QED) is 0.372. The van der Waals surface area contributed by atoms with Crippen LogP contribution in [0.3, 0.4) is 0 Å². The van der Waals surface area contributed by atoms with Crippen LogP contribution in [-0.2, 0) is 6.42 Å². The van der Waals surface area contributed by atoms with Crippen LogP contribution >= 0.6 is 0 Å². The van der Waals surface area contributed by atoms with E-state index < -0.39 is 0 Å². The van der Waals surface area contributed by atoms with E-state index in [2.05, 4.69) is 106 Å². The van der Waals surface area contributed by atoms with Crippen LogP contribution in [0.1, 0.15) is 34.7 Å². The van der Waals surface area contributed by atoms with Gasteiger partial charge in [0, 0.05) is 11.1 Å². The van der Waals surface area contributed by atoms with Crippen LogP contribution in [0.4, 0.5) is 0 Å². The van der Waals surface area contributed by atoms with Crippen molar-refractivity contribution < 1.29 is 0 Å². The summed E-state index contributed by atoms with van der Waals surface area (Å²) in [5.41, 5.74) is 12.2. The molecule has 0 aliphatic heterocycles. The molecule has 0 unspecified atom stereocenters. The summed E-state index contributed by atoms with van der Waals surface area (Å²) in [6.45, 7) is 10.9. The van der Waals surface area contributed by atoms with Gasteiger partial charge in [0.25, 0.3) is 0 Å². The molecule has 4 aromatic rings. The second-order valence-corrected chi connectivity index (χ2v) is 7.84. The minimum atomic E-state index is 0.995. The Morgan fingerprint density at radius 1 is 0.690 bits per heavy atom. The lowest BCUT2D eigenvalue weighted by atomic mass is 9.95. The van der Waals surface area contributed by atoms with Crippen molar-refractivity contribution in [1.82, 2.24) is 9.78 Å². The zero-order valence-corrected chi connectivity index (χ0v) is 18.0. The highest BCUT2D eigenvalue weighted by Crippen LogP contribution is 2.35. The summed E-state index contributed by atoms with van der Waals surface area (Å²) in [6.07, 6.45) is 0.995. The molecule has 0 atom stereocenters. The molecule has 2 heteroatoms. The Morgan fingerprint density at radius 2 is 1.28 bits per heavy atom. The lowest BCUT2D eigenvalue weighted by molar-refractivity contribution is 0.880. The molecule has 146 valence electrons. The molecule has 0 saturated heterocycles. The van der Waals surface area contributed by atoms with E-state index in [1.165, 1.54) is 38.9 Å². The zero-order chi connectivity index (χ0) is 20.5. The average molecular weight is 381 g/mol. The molecule has 4 rings (SSSR count). The van der Waals surface area contributed by atoms with Gasteiger partial charge in [0.2, 0.25) is 0 Å². The average Bonchev–Trinajstić information content (AvgIpc) is 3.12. The molecular formula is C27H28N2. The van der Waals surface area contributed by atoms with Crippen LogP contribution in [0.25, 0.3) is 28.2 Å². The monoisotopic (exact) mass is 380 g/mol. The van der Waals surface area contributed by atoms with E-state index in [0.717, 1.165) is 23.5 Å². The van der Waals surface area contributed by atoms with Gasteiger partial charge in [-0.25, -0.2) is 4.68 Å². The molecule has 0 aliphatic carbocycles. The van der Waals surface area contributed by atoms with Gasteiger partial charge in [-0.05, 0) is 74.1 Å². The SMILES string of the molecule is CCc1cccc(C)c1-c1cc(-c2c(C)cccc2C)nn1-c1ccccc1C. The van der Waals surface area contributed by atoms with E-state index in [1.807, 2.05) is 0 Å². The third kappa shape index (κ3) is 3.40. The molecule has 0 N–H and O–H groups in total. The van der Waals surface area contributed by atoms with Gasteiger partial charge in [-0.2, -0.15) is 5.10 Å². The molecule has 0 spiro atoms. The van der Waals surface area contributed by atoms with Crippen molar-refractivity contribution in [2.45, 2.75) is 41.0 Å². The van der Waals surface area contributed by atoms with Gasteiger partial charge in [0.15, 0.2) is 0 Å². The van der Waals surface area contributed by atoms with Crippen LogP contribution in [0.2, 0.25) is 0 Å². The number of hydrogen-bond acceptors (Lipinski definition) is 1. The summed E-state index contributed by atoms with van der Waals surface area (Å²) < 4.78 is 2.14. The smallest absolute Gasteiger partial charge is 0.0939 e. The Balaban J connectivity index is 2.06. The fourth-order valence-corrected chi connectivity index (χ4v) is 4.27. The molecule has 0 radical (unpaired) electrons. The van der Waals surface area contributed by atoms with Gasteiger partial charge < -0.3 is 0 Å². The Hall–Kier alpha value is -3.13. The number of para-hydroxylation sites is 1. The summed E-state index contributed by atoms with van der Waals surface area (Å²) in [7, 11) is 0. The van der Waals surface area contributed by atoms with Gasteiger partial charge in [-0.3, -0.25) is 0 Å². The molecule has 0 fully saturated rings. The van der Waals surface area contributed by atoms with E-state index in [9.17, 15) is 0 Å². The highest BCUT2D eigenvalue weighted by Gasteiger charge is 2.19. The van der Waals surface area contributed by atoms with Crippen molar-refractivity contribution in [3.63, 3.8) is 0 Å². The molecule has 0 aliphatic rings. The Morgan fingerprint density at radius 3 is 1.93 bits per heavy atom. The van der Waals surface area contributed by atoms with Gasteiger partial charge in [-0.15, -0.1) is 0 Å². The van der Waals surface area contributed by atoms with E-state index in [1.54, 1.807) is 0 Å². The highest BCUT2D eigenvalue weighted by molar-refractivity contribution is 5.77. The third-order valence-electron chi connectivity index (χ3n) is 5.79. The molecule has 0 saturated carbocycles. The fourth-order valence-electron chi connectivity index (χ4n) is 4.27. The lowest BCUT2D eigenvalue weighted by Crippen LogP contribution is -2.04. The molecule has 0 amide bonds. The molecule has 1 heterocycles. The van der Waals surface area contributed by atoms with Gasteiger partial charge >= 0.3 is 0 Å². The second kappa shape index (κ2) is 7.71. The second-order valence-electron chi connectivity index (χ2n) is 7.84. The zero-order valence-electron chi connectivity index (χ0n) is 18.0. The van der Waals surface area contributed by atoms with Crippen molar-refractivity contribution >= 4 is 0 Å². The van der Waals surface area contributed by atoms with Gasteiger partial charge in [-0.1, -0.05) is 61.5 Å². The maximum absolute atomic E-state index is 5.14. The van der Waals surface area contributed by atoms with Gasteiger partial charge in [0.1, 0.15) is 0 Å². The standard InChI is InChI=1S/C27H28N2/c1-6-22-15-10-14-21(5)27(22)25-17-23(26-19(3)12-9-13-20(26)4)28-29(25)24-16-8-7-11-18(24)2/h7-17H,6H2,1-5H3. The molecule has 2 nitrogen and oxygen atoms in total. The van der Waals surface area contributed by atoms with Crippen LogP contribution in [0, 0.1) is 27.7 Å². The van der Waals surface area contributed by atoms with Gasteiger partial charge in [0.05, 0.1) is 17.1 Å². The van der Waals surface area contributed by atoms with E-state index in [-0.39, 0.29) is 0 Å². The summed E-state index contributed by atoms with van der Waals surface area (Å²) in [5.74, 6) is 0. The fraction of sp³-hybridized carbons (Fsp3) is 0.222. The first-order valence-corrected chi connectivity index (χ1v) is 10.3. The first-order valence-electron chi connectivity index (χ1n) is 10.3. The maximum atomic E-state index is 5.14. The molecule has 0 bridgehead atoms. The molecule has 3 aromatic carbocycles. The molecular weight excluding hydrogens is 352 g/mol. The summed E-state index contributed by atoms with van der Waals surface area (Å²) in [4.78, 5) is 0. The van der Waals surface area contributed by atoms with Crippen molar-refractivity contribution in [3.05, 3.63) is 94.5 Å². The first kappa shape index (κ1) is 19.2. The lowest BCUT2D eigenvalue weighted by Gasteiger charge is -2.15. The highest BCUT2D eigenvalue weighted by atomic mass is 15.3. The van der Waals surface area contributed by atoms with Crippen molar-refractivity contribution in [3.8, 4) is 28.2 Å². The summed E-state index contributed by atoms with van der Waals surface area (Å²) >= 11 is 0. The molecule has 1 aromatic heterocycles. The first-order chi connectivity index (χ1) is 14.0. The maximum Gasteiger partial charge on any atom is 0.0939 e. The minimum Gasteiger partial charge on any atom is -0.232 e. The predicted octanol–water partition coefficient (Wildman–Crippen LogP) is 7.00. The Kier molecular flexibility index (Phi) is 5.10. The number of aryl methyl sites for hydroxylation is 5. The summed E-state index contributed by atoms with van der Waals surface area (Å²) in [6, 6.07) is 23.8. The van der Waals surface area contributed by atoms with Crippen molar-refractivity contribution in [1.29, 1.82) is 0 Å². The van der Waals surface area contributed by atoms with E-state index in [0.29, 0.717) is 0 Å². The number of rotatable bonds is 4. The minimum absolute atomic E-state index is 0.995. The largest absolute Gasteiger partial charge is 0.232 e. The third-order valence-corrected chi connectivity index (χ3v) is 5.79. The number of aromatic nitrogens is 2. The van der Waals surface area contributed by atoms with Crippen LogP contribution < -0.4 is 0 Å². The molecule has 29 heavy (non-hydrogen) atoms. The van der Waals surface area contributed by atoms with Crippen LogP contribution in [0.5, 0.6) is 0 Å². The number of benzene rings is 3. The normalized spacial score (nSPS) is 11.1. The van der Waals surface area contributed by atoms with E-state index in [4.69, 9.17) is 5.10 Å². The van der Waals surface area contributed by atoms with Crippen molar-refractivity contribution in [2.75, 3.05) is 0 Å². The predicted molar refractivity (Wildman–Crippen MR) is 123 cm³/mol. The Bertz CT molecular complexity index is 1160. The Labute approximate surface area is 173 Å².